The normalized spacial score (nSPS) is 12.4. The molecule has 0 saturated heterocycles. The number of methoxy groups -OCH3 is 1. The van der Waals surface area contributed by atoms with Gasteiger partial charge in [0.05, 0.1) is 23.0 Å². The Morgan fingerprint density at radius 2 is 1.78 bits per heavy atom. The summed E-state index contributed by atoms with van der Waals surface area (Å²) in [4.78, 5) is 35.4. The van der Waals surface area contributed by atoms with E-state index in [9.17, 15) is 30.3 Å². The third-order valence-electron chi connectivity index (χ3n) is 5.55. The van der Waals surface area contributed by atoms with Gasteiger partial charge in [0, 0.05) is 18.3 Å². The molecule has 0 unspecified atom stereocenters. The number of fused-ring (bicyclic) bond motifs is 1. The smallest absolute Gasteiger partial charge is 0.318 e. The van der Waals surface area contributed by atoms with Gasteiger partial charge in [0.2, 0.25) is 5.75 Å². The number of rotatable bonds is 7. The Morgan fingerprint density at radius 1 is 1.03 bits per heavy atom. The van der Waals surface area contributed by atoms with Gasteiger partial charge in [-0.2, -0.15) is 5.26 Å². The lowest BCUT2D eigenvalue weighted by Crippen LogP contribution is -2.29. The molecule has 4 rings (SSSR count). The number of nitrogens with zero attached hydrogens (tertiary/aromatic N) is 4. The molecule has 11 heteroatoms. The lowest BCUT2D eigenvalue weighted by Gasteiger charge is -2.16. The maximum Gasteiger partial charge on any atom is 0.318 e. The third-order valence-corrected chi connectivity index (χ3v) is 5.55. The second-order valence-electron chi connectivity index (χ2n) is 7.68. The topological polar surface area (TPSA) is 149 Å². The van der Waals surface area contributed by atoms with Crippen molar-refractivity contribution < 1.29 is 24.1 Å². The zero-order valence-electron chi connectivity index (χ0n) is 18.9. The van der Waals surface area contributed by atoms with E-state index in [1.807, 2.05) is 30.3 Å². The van der Waals surface area contributed by atoms with Gasteiger partial charge in [-0.15, -0.1) is 0 Å². The van der Waals surface area contributed by atoms with Crippen LogP contribution < -0.4 is 14.4 Å². The number of benzene rings is 3. The van der Waals surface area contributed by atoms with Gasteiger partial charge in [-0.3, -0.25) is 25.0 Å². The van der Waals surface area contributed by atoms with Crippen LogP contribution in [-0.2, 0) is 11.2 Å². The van der Waals surface area contributed by atoms with Crippen LogP contribution in [0.2, 0.25) is 0 Å². The van der Waals surface area contributed by atoms with Crippen molar-refractivity contribution in [2.45, 2.75) is 6.42 Å². The van der Waals surface area contributed by atoms with Gasteiger partial charge in [-0.05, 0) is 47.9 Å². The number of anilines is 1. The summed E-state index contributed by atoms with van der Waals surface area (Å²) in [6.07, 6.45) is 2.12. The molecule has 0 fully saturated rings. The molecular weight excluding hydrogens is 468 g/mol. The second-order valence-corrected chi connectivity index (χ2v) is 7.68. The lowest BCUT2D eigenvalue weighted by atomic mass is 10.1. The number of carbonyl (C=O) groups is 1. The average molecular weight is 486 g/mol. The van der Waals surface area contributed by atoms with E-state index in [2.05, 4.69) is 0 Å². The van der Waals surface area contributed by atoms with Crippen molar-refractivity contribution in [3.05, 3.63) is 97.6 Å². The van der Waals surface area contributed by atoms with E-state index >= 15 is 0 Å². The lowest BCUT2D eigenvalue weighted by molar-refractivity contribution is -0.394. The Bertz CT molecular complexity index is 1460. The Balaban J connectivity index is 1.62. The first-order chi connectivity index (χ1) is 17.3. The number of nitro benzene ring substituents is 2. The molecule has 3 aromatic rings. The van der Waals surface area contributed by atoms with Gasteiger partial charge in [-0.25, -0.2) is 0 Å². The maximum atomic E-state index is 13.1. The van der Waals surface area contributed by atoms with E-state index in [0.29, 0.717) is 18.5 Å². The first kappa shape index (κ1) is 23.9. The summed E-state index contributed by atoms with van der Waals surface area (Å²) in [5, 5.41) is 32.0. The van der Waals surface area contributed by atoms with Crippen molar-refractivity contribution in [2.75, 3.05) is 18.6 Å². The number of nitro groups is 2. The largest absolute Gasteiger partial charge is 0.493 e. The number of hydrogen-bond acceptors (Lipinski definition) is 8. The van der Waals surface area contributed by atoms with E-state index in [0.717, 1.165) is 29.4 Å². The van der Waals surface area contributed by atoms with Gasteiger partial charge in [-0.1, -0.05) is 24.3 Å². The molecule has 3 aromatic carbocycles. The van der Waals surface area contributed by atoms with Crippen molar-refractivity contribution in [1.29, 1.82) is 5.26 Å². The molecule has 0 aliphatic carbocycles. The molecule has 0 N–H and O–H groups in total. The monoisotopic (exact) mass is 486 g/mol. The minimum Gasteiger partial charge on any atom is -0.493 e. The molecule has 0 aromatic heterocycles. The van der Waals surface area contributed by atoms with Gasteiger partial charge < -0.3 is 14.4 Å². The van der Waals surface area contributed by atoms with Crippen LogP contribution in [0.5, 0.6) is 17.2 Å². The number of amides is 1. The fourth-order valence-corrected chi connectivity index (χ4v) is 3.83. The Hall–Kier alpha value is -5.24. The molecule has 0 bridgehead atoms. The molecule has 0 spiro atoms. The summed E-state index contributed by atoms with van der Waals surface area (Å²) in [6.45, 7) is 0.474. The minimum absolute atomic E-state index is 0.0755. The van der Waals surface area contributed by atoms with E-state index in [4.69, 9.17) is 9.47 Å². The third kappa shape index (κ3) is 4.69. The molecule has 0 radical (unpaired) electrons. The van der Waals surface area contributed by atoms with Crippen LogP contribution in [-0.4, -0.2) is 29.4 Å². The molecule has 0 atom stereocenters. The minimum atomic E-state index is -0.784. The van der Waals surface area contributed by atoms with E-state index in [-0.39, 0.29) is 22.8 Å². The summed E-state index contributed by atoms with van der Waals surface area (Å²) in [5.74, 6) is -0.367. The molecule has 11 nitrogen and oxygen atoms in total. The predicted molar refractivity (Wildman–Crippen MR) is 129 cm³/mol. The highest BCUT2D eigenvalue weighted by Gasteiger charge is 2.27. The van der Waals surface area contributed by atoms with Crippen LogP contribution in [0.1, 0.15) is 11.1 Å². The first-order valence-corrected chi connectivity index (χ1v) is 10.6. The summed E-state index contributed by atoms with van der Waals surface area (Å²) in [6, 6.07) is 17.0. The van der Waals surface area contributed by atoms with Crippen LogP contribution in [0.15, 0.2) is 66.2 Å². The molecule has 1 aliphatic heterocycles. The predicted octanol–water partition coefficient (Wildman–Crippen LogP) is 4.80. The van der Waals surface area contributed by atoms with Crippen molar-refractivity contribution in [2.24, 2.45) is 0 Å². The number of para-hydroxylation sites is 1. The Kier molecular flexibility index (Phi) is 6.60. The number of hydrogen-bond donors (Lipinski definition) is 0. The van der Waals surface area contributed by atoms with E-state index in [1.165, 1.54) is 25.3 Å². The highest BCUT2D eigenvalue weighted by atomic mass is 16.6. The van der Waals surface area contributed by atoms with E-state index in [1.54, 1.807) is 11.0 Å². The van der Waals surface area contributed by atoms with Gasteiger partial charge in [0.15, 0.2) is 11.5 Å². The highest BCUT2D eigenvalue weighted by Crippen LogP contribution is 2.38. The number of carbonyl (C=O) groups excluding carboxylic acids is 1. The van der Waals surface area contributed by atoms with Crippen LogP contribution in [0.25, 0.3) is 6.08 Å². The Morgan fingerprint density at radius 3 is 2.47 bits per heavy atom. The van der Waals surface area contributed by atoms with Gasteiger partial charge >= 0.3 is 5.69 Å². The summed E-state index contributed by atoms with van der Waals surface area (Å²) in [7, 11) is 1.36. The molecule has 1 aliphatic rings. The number of nitriles is 1. The molecule has 180 valence electrons. The van der Waals surface area contributed by atoms with Crippen molar-refractivity contribution in [1.82, 2.24) is 0 Å². The number of non-ortho nitro benzene ring substituents is 1. The maximum absolute atomic E-state index is 13.1. The molecule has 36 heavy (non-hydrogen) atoms. The van der Waals surface area contributed by atoms with E-state index < -0.39 is 27.1 Å². The molecule has 1 amide bonds. The van der Waals surface area contributed by atoms with Gasteiger partial charge in [0.1, 0.15) is 11.6 Å². The quantitative estimate of drug-likeness (QED) is 0.200. The molecular formula is C25H18N4O7. The van der Waals surface area contributed by atoms with Gasteiger partial charge in [0.25, 0.3) is 11.6 Å². The summed E-state index contributed by atoms with van der Waals surface area (Å²) >= 11 is 0. The zero-order valence-corrected chi connectivity index (χ0v) is 18.9. The zero-order chi connectivity index (χ0) is 25.8. The average Bonchev–Trinajstić information content (AvgIpc) is 3.31. The highest BCUT2D eigenvalue weighted by molar-refractivity contribution is 6.12. The summed E-state index contributed by atoms with van der Waals surface area (Å²) in [5.41, 5.74) is 1.17. The van der Waals surface area contributed by atoms with Crippen LogP contribution >= 0.6 is 0 Å². The van der Waals surface area contributed by atoms with Crippen molar-refractivity contribution in [3.63, 3.8) is 0 Å². The SMILES string of the molecule is COc1cc(C=C(C#N)C(=O)N2CCc3ccccc32)ccc1Oc1ccc([N+](=O)[O-])cc1[N+](=O)[O-]. The fraction of sp³-hybridized carbons (Fsp3) is 0.120. The Labute approximate surface area is 204 Å². The van der Waals surface area contributed by atoms with Crippen LogP contribution in [0.4, 0.5) is 17.1 Å². The second kappa shape index (κ2) is 9.94. The van der Waals surface area contributed by atoms with Crippen LogP contribution in [0.3, 0.4) is 0 Å². The summed E-state index contributed by atoms with van der Waals surface area (Å²) < 4.78 is 11.0. The van der Waals surface area contributed by atoms with Crippen molar-refractivity contribution in [3.8, 4) is 23.3 Å². The standard InChI is InChI=1S/C25H18N4O7/c1-35-24-13-16(12-18(15-26)25(30)27-11-10-17-4-2-3-5-20(17)27)6-8-23(24)36-22-9-7-19(28(31)32)14-21(22)29(33)34/h2-9,12-14H,10-11H2,1H3. The molecule has 1 heterocycles. The van der Waals surface area contributed by atoms with Crippen LogP contribution in [0, 0.1) is 31.6 Å². The number of ether oxygens (including phenoxy) is 2. The molecule has 0 saturated carbocycles. The first-order valence-electron chi connectivity index (χ1n) is 10.6. The fourth-order valence-electron chi connectivity index (χ4n) is 3.83. The van der Waals surface area contributed by atoms with Crippen molar-refractivity contribution >= 4 is 29.0 Å².